The van der Waals surface area contributed by atoms with Crippen molar-refractivity contribution in [2.75, 3.05) is 13.6 Å². The predicted octanol–water partition coefficient (Wildman–Crippen LogP) is 2.50. The number of hydrogen-bond donors (Lipinski definition) is 2. The minimum Gasteiger partial charge on any atom is -0.345 e. The van der Waals surface area contributed by atoms with Crippen LogP contribution in [0.1, 0.15) is 62.2 Å². The van der Waals surface area contributed by atoms with Gasteiger partial charge >= 0.3 is 0 Å². The smallest absolute Gasteiger partial charge is 0.251 e. The SMILES string of the molecule is CN(C1CCCCC1)S(=O)(=O)c1ccc(C(=O)NC(C)(CN)C2CC2)cc1. The fraction of sp³-hybridized carbons (Fsp3) is 0.650. The summed E-state index contributed by atoms with van der Waals surface area (Å²) in [7, 11) is -1.88. The average Bonchev–Trinajstić information content (AvgIpc) is 3.54. The van der Waals surface area contributed by atoms with Crippen LogP contribution in [0.2, 0.25) is 0 Å². The summed E-state index contributed by atoms with van der Waals surface area (Å²) in [5.41, 5.74) is 5.91. The third-order valence-corrected chi connectivity index (χ3v) is 8.11. The van der Waals surface area contributed by atoms with Crippen LogP contribution in [-0.2, 0) is 10.0 Å². The number of hydrogen-bond acceptors (Lipinski definition) is 4. The van der Waals surface area contributed by atoms with Crippen molar-refractivity contribution in [3.8, 4) is 0 Å². The molecule has 0 saturated heterocycles. The Morgan fingerprint density at radius 3 is 2.26 bits per heavy atom. The second-order valence-electron chi connectivity index (χ2n) is 8.19. The molecule has 1 amide bonds. The molecule has 0 heterocycles. The molecular weight excluding hydrogens is 362 g/mol. The zero-order valence-corrected chi connectivity index (χ0v) is 17.1. The highest BCUT2D eigenvalue weighted by Crippen LogP contribution is 2.39. The summed E-state index contributed by atoms with van der Waals surface area (Å²) in [6.07, 6.45) is 7.31. The van der Waals surface area contributed by atoms with Gasteiger partial charge in [-0.2, -0.15) is 4.31 Å². The van der Waals surface area contributed by atoms with Crippen LogP contribution in [0.15, 0.2) is 29.2 Å². The second kappa shape index (κ2) is 7.89. The summed E-state index contributed by atoms with van der Waals surface area (Å²) in [4.78, 5) is 12.8. The maximum atomic E-state index is 12.9. The van der Waals surface area contributed by atoms with Gasteiger partial charge in [-0.25, -0.2) is 8.42 Å². The van der Waals surface area contributed by atoms with E-state index in [1.54, 1.807) is 19.2 Å². The highest BCUT2D eigenvalue weighted by Gasteiger charge is 2.41. The summed E-state index contributed by atoms with van der Waals surface area (Å²) in [5.74, 6) is 0.217. The van der Waals surface area contributed by atoms with Gasteiger partial charge in [0, 0.05) is 25.2 Å². The minimum absolute atomic E-state index is 0.0653. The molecule has 1 unspecified atom stereocenters. The maximum Gasteiger partial charge on any atom is 0.251 e. The van der Waals surface area contributed by atoms with Gasteiger partial charge in [0.15, 0.2) is 0 Å². The highest BCUT2D eigenvalue weighted by molar-refractivity contribution is 7.89. The first kappa shape index (κ1) is 20.3. The number of nitrogens with two attached hydrogens (primary N) is 1. The number of amides is 1. The Morgan fingerprint density at radius 2 is 1.74 bits per heavy atom. The summed E-state index contributed by atoms with van der Waals surface area (Å²) in [6, 6.07) is 6.29. The molecule has 1 atom stereocenters. The predicted molar refractivity (Wildman–Crippen MR) is 106 cm³/mol. The van der Waals surface area contributed by atoms with E-state index in [2.05, 4.69) is 5.32 Å². The molecule has 0 spiro atoms. The first-order valence-electron chi connectivity index (χ1n) is 9.88. The molecule has 27 heavy (non-hydrogen) atoms. The van der Waals surface area contributed by atoms with E-state index in [-0.39, 0.29) is 16.8 Å². The van der Waals surface area contributed by atoms with Crippen molar-refractivity contribution in [1.82, 2.24) is 9.62 Å². The van der Waals surface area contributed by atoms with Crippen LogP contribution in [0.3, 0.4) is 0 Å². The number of carbonyl (C=O) groups excluding carboxylic acids is 1. The van der Waals surface area contributed by atoms with Crippen molar-refractivity contribution in [3.05, 3.63) is 29.8 Å². The Labute approximate surface area is 162 Å². The minimum atomic E-state index is -3.54. The van der Waals surface area contributed by atoms with Gasteiger partial charge in [0.05, 0.1) is 10.4 Å². The lowest BCUT2D eigenvalue weighted by Gasteiger charge is -2.30. The van der Waals surface area contributed by atoms with Gasteiger partial charge < -0.3 is 11.1 Å². The van der Waals surface area contributed by atoms with Gasteiger partial charge in [-0.05, 0) is 62.8 Å². The lowest BCUT2D eigenvalue weighted by atomic mass is 9.95. The first-order valence-corrected chi connectivity index (χ1v) is 11.3. The van der Waals surface area contributed by atoms with Crippen molar-refractivity contribution in [1.29, 1.82) is 0 Å². The lowest BCUT2D eigenvalue weighted by Crippen LogP contribution is -2.53. The monoisotopic (exact) mass is 393 g/mol. The zero-order chi connectivity index (χ0) is 19.7. The molecule has 0 radical (unpaired) electrons. The maximum absolute atomic E-state index is 12.9. The molecule has 2 saturated carbocycles. The van der Waals surface area contributed by atoms with E-state index in [1.165, 1.54) is 22.9 Å². The van der Waals surface area contributed by atoms with E-state index in [4.69, 9.17) is 5.73 Å². The highest BCUT2D eigenvalue weighted by atomic mass is 32.2. The van der Waals surface area contributed by atoms with Crippen molar-refractivity contribution in [2.45, 2.75) is 68.3 Å². The Hall–Kier alpha value is -1.44. The van der Waals surface area contributed by atoms with Crippen molar-refractivity contribution < 1.29 is 13.2 Å². The second-order valence-corrected chi connectivity index (χ2v) is 10.2. The lowest BCUT2D eigenvalue weighted by molar-refractivity contribution is 0.0897. The van der Waals surface area contributed by atoms with Crippen LogP contribution in [0.25, 0.3) is 0 Å². The molecule has 2 fully saturated rings. The Bertz CT molecular complexity index is 768. The van der Waals surface area contributed by atoms with Crippen LogP contribution in [-0.4, -0.2) is 43.8 Å². The molecular formula is C20H31N3O3S. The molecule has 1 aromatic rings. The van der Waals surface area contributed by atoms with Gasteiger partial charge in [-0.15, -0.1) is 0 Å². The number of sulfonamides is 1. The fourth-order valence-corrected chi connectivity index (χ4v) is 5.37. The van der Waals surface area contributed by atoms with Gasteiger partial charge in [0.25, 0.3) is 5.91 Å². The Morgan fingerprint density at radius 1 is 1.15 bits per heavy atom. The molecule has 2 aliphatic carbocycles. The third-order valence-electron chi connectivity index (χ3n) is 6.18. The molecule has 3 rings (SSSR count). The van der Waals surface area contributed by atoms with E-state index in [0.717, 1.165) is 38.5 Å². The molecule has 6 nitrogen and oxygen atoms in total. The number of carbonyl (C=O) groups is 1. The first-order chi connectivity index (χ1) is 12.8. The summed E-state index contributed by atoms with van der Waals surface area (Å²) in [5, 5.41) is 3.03. The molecule has 150 valence electrons. The standard InChI is InChI=1S/C20H31N3O3S/c1-20(14-21,16-10-11-16)22-19(24)15-8-12-18(13-9-15)27(25,26)23(2)17-6-4-3-5-7-17/h8-9,12-13,16-17H,3-7,10-11,14,21H2,1-2H3,(H,22,24). The summed E-state index contributed by atoms with van der Waals surface area (Å²) < 4.78 is 27.3. The molecule has 1 aromatic carbocycles. The van der Waals surface area contributed by atoms with Gasteiger partial charge in [-0.3, -0.25) is 4.79 Å². The Balaban J connectivity index is 1.71. The van der Waals surface area contributed by atoms with E-state index < -0.39 is 15.6 Å². The van der Waals surface area contributed by atoms with E-state index >= 15 is 0 Å². The van der Waals surface area contributed by atoms with Crippen LogP contribution >= 0.6 is 0 Å². The van der Waals surface area contributed by atoms with Crippen LogP contribution in [0, 0.1) is 5.92 Å². The molecule has 0 bridgehead atoms. The third kappa shape index (κ3) is 4.36. The van der Waals surface area contributed by atoms with Crippen LogP contribution in [0.5, 0.6) is 0 Å². The van der Waals surface area contributed by atoms with Crippen LogP contribution < -0.4 is 11.1 Å². The van der Waals surface area contributed by atoms with Crippen molar-refractivity contribution in [3.63, 3.8) is 0 Å². The largest absolute Gasteiger partial charge is 0.345 e. The molecule has 0 aliphatic heterocycles. The summed E-state index contributed by atoms with van der Waals surface area (Å²) >= 11 is 0. The quantitative estimate of drug-likeness (QED) is 0.744. The number of rotatable bonds is 7. The van der Waals surface area contributed by atoms with Gasteiger partial charge in [-0.1, -0.05) is 19.3 Å². The van der Waals surface area contributed by atoms with Crippen LogP contribution in [0.4, 0.5) is 0 Å². The number of nitrogens with zero attached hydrogens (tertiary/aromatic N) is 1. The van der Waals surface area contributed by atoms with Gasteiger partial charge in [0.2, 0.25) is 10.0 Å². The topological polar surface area (TPSA) is 92.5 Å². The zero-order valence-electron chi connectivity index (χ0n) is 16.3. The average molecular weight is 394 g/mol. The van der Waals surface area contributed by atoms with Gasteiger partial charge in [0.1, 0.15) is 0 Å². The van der Waals surface area contributed by atoms with Crippen molar-refractivity contribution >= 4 is 15.9 Å². The van der Waals surface area contributed by atoms with E-state index in [9.17, 15) is 13.2 Å². The summed E-state index contributed by atoms with van der Waals surface area (Å²) in [6.45, 7) is 2.36. The molecule has 2 aliphatic rings. The molecule has 3 N–H and O–H groups in total. The van der Waals surface area contributed by atoms with Crippen molar-refractivity contribution in [2.24, 2.45) is 11.7 Å². The van der Waals surface area contributed by atoms with E-state index in [1.807, 2.05) is 6.92 Å². The van der Waals surface area contributed by atoms with E-state index in [0.29, 0.717) is 18.0 Å². The number of nitrogens with one attached hydrogen (secondary N) is 1. The molecule has 0 aromatic heterocycles. The number of benzene rings is 1. The fourth-order valence-electron chi connectivity index (χ4n) is 3.96. The molecule has 7 heteroatoms. The Kier molecular flexibility index (Phi) is 5.93. The normalized spacial score (nSPS) is 21.0.